The van der Waals surface area contributed by atoms with E-state index in [1.165, 1.54) is 5.39 Å². The van der Waals surface area contributed by atoms with E-state index in [-0.39, 0.29) is 0 Å². The lowest BCUT2D eigenvalue weighted by atomic mass is 10.2. The first-order chi connectivity index (χ1) is 7.27. The Morgan fingerprint density at radius 2 is 1.88 bits per heavy atom. The van der Waals surface area contributed by atoms with Gasteiger partial charge in [0.05, 0.1) is 5.02 Å². The zero-order chi connectivity index (χ0) is 12.3. The van der Waals surface area contributed by atoms with Gasteiger partial charge in [-0.3, -0.25) is 0 Å². The number of hydrogen-bond acceptors (Lipinski definition) is 1. The highest BCUT2D eigenvalue weighted by molar-refractivity contribution is 9.10. The van der Waals surface area contributed by atoms with Crippen LogP contribution in [-0.4, -0.2) is 19.7 Å². The third-order valence-corrected chi connectivity index (χ3v) is 2.79. The fourth-order valence-corrected chi connectivity index (χ4v) is 1.57. The minimum atomic E-state index is -4.64. The van der Waals surface area contributed by atoms with E-state index in [0.717, 1.165) is 15.0 Å². The molecule has 0 bridgehead atoms. The number of hydrogen-bond donors (Lipinski definition) is 4. The van der Waals surface area contributed by atoms with Crippen LogP contribution in [0.4, 0.5) is 0 Å². The van der Waals surface area contributed by atoms with Crippen LogP contribution in [-0.2, 0) is 4.57 Å². The predicted molar refractivity (Wildman–Crippen MR) is 65.3 cm³/mol. The van der Waals surface area contributed by atoms with Crippen LogP contribution in [0, 0.1) is 0 Å². The molecule has 16 heavy (non-hydrogen) atoms. The van der Waals surface area contributed by atoms with Gasteiger partial charge in [0.2, 0.25) is 0 Å². The maximum atomic E-state index is 8.88. The summed E-state index contributed by atoms with van der Waals surface area (Å²) < 4.78 is 9.82. The molecule has 1 aromatic heterocycles. The molecule has 0 spiro atoms. The van der Waals surface area contributed by atoms with E-state index in [0.29, 0.717) is 0 Å². The minimum Gasteiger partial charge on any atom is -0.361 e. The Balaban J connectivity index is 0.000000221. The number of H-pyrrole nitrogens is 1. The van der Waals surface area contributed by atoms with Crippen molar-refractivity contribution in [3.8, 4) is 0 Å². The molecule has 0 radical (unpaired) electrons. The topological polar surface area (TPSA) is 93.6 Å². The van der Waals surface area contributed by atoms with Crippen LogP contribution < -0.4 is 0 Å². The van der Waals surface area contributed by atoms with Gasteiger partial charge in [-0.1, -0.05) is 11.6 Å². The molecule has 0 aliphatic rings. The normalized spacial score (nSPS) is 11.1. The van der Waals surface area contributed by atoms with Crippen LogP contribution in [0.25, 0.3) is 10.9 Å². The second-order valence-corrected chi connectivity index (χ2v) is 5.13. The summed E-state index contributed by atoms with van der Waals surface area (Å²) in [7, 11) is -4.64. The van der Waals surface area contributed by atoms with Gasteiger partial charge in [-0.2, -0.15) is 0 Å². The van der Waals surface area contributed by atoms with Crippen LogP contribution in [0.3, 0.4) is 0 Å². The Morgan fingerprint density at radius 3 is 2.44 bits per heavy atom. The quantitative estimate of drug-likeness (QED) is 0.559. The molecule has 2 aromatic rings. The average molecular weight is 328 g/mol. The van der Waals surface area contributed by atoms with E-state index in [2.05, 4.69) is 20.9 Å². The molecule has 0 unspecified atom stereocenters. The van der Waals surface area contributed by atoms with Crippen molar-refractivity contribution < 1.29 is 19.2 Å². The van der Waals surface area contributed by atoms with Gasteiger partial charge in [0, 0.05) is 21.6 Å². The summed E-state index contributed by atoms with van der Waals surface area (Å²) in [6, 6.07) is 5.91. The fourth-order valence-electron chi connectivity index (χ4n) is 1.05. The van der Waals surface area contributed by atoms with Crippen molar-refractivity contribution in [2.75, 3.05) is 0 Å². The Bertz CT molecular complexity index is 494. The van der Waals surface area contributed by atoms with E-state index in [4.69, 9.17) is 30.8 Å². The van der Waals surface area contributed by atoms with Crippen molar-refractivity contribution >= 4 is 46.3 Å². The Kier molecular flexibility index (Phi) is 4.55. The maximum absolute atomic E-state index is 8.88. The summed E-state index contributed by atoms with van der Waals surface area (Å²) in [6.07, 6.45) is 1.90. The van der Waals surface area contributed by atoms with E-state index in [9.17, 15) is 0 Å². The van der Waals surface area contributed by atoms with Gasteiger partial charge in [0.15, 0.2) is 0 Å². The zero-order valence-corrected chi connectivity index (χ0v) is 11.0. The molecular weight excluding hydrogens is 320 g/mol. The number of benzene rings is 1. The molecule has 1 heterocycles. The summed E-state index contributed by atoms with van der Waals surface area (Å²) in [5, 5.41) is 1.90. The number of aromatic amines is 1. The van der Waals surface area contributed by atoms with Crippen molar-refractivity contribution in [1.82, 2.24) is 4.98 Å². The second kappa shape index (κ2) is 5.31. The third-order valence-electron chi connectivity index (χ3n) is 1.59. The Labute approximate surface area is 104 Å². The summed E-state index contributed by atoms with van der Waals surface area (Å²) in [5.74, 6) is 0. The number of halogens is 2. The number of nitrogens with one attached hydrogen (secondary N) is 1. The molecule has 0 amide bonds. The molecule has 2 rings (SSSR count). The van der Waals surface area contributed by atoms with Crippen molar-refractivity contribution in [3.63, 3.8) is 0 Å². The molecular formula is C8H8BrClNO4P. The third kappa shape index (κ3) is 4.65. The van der Waals surface area contributed by atoms with Gasteiger partial charge in [0.1, 0.15) is 0 Å². The predicted octanol–water partition coefficient (Wildman–Crippen LogP) is 2.66. The van der Waals surface area contributed by atoms with Crippen LogP contribution in [0.2, 0.25) is 5.02 Å². The van der Waals surface area contributed by atoms with Crippen LogP contribution >= 0.6 is 35.4 Å². The van der Waals surface area contributed by atoms with E-state index < -0.39 is 7.82 Å². The van der Waals surface area contributed by atoms with Gasteiger partial charge in [-0.05, 0) is 34.1 Å². The van der Waals surface area contributed by atoms with Crippen molar-refractivity contribution in [3.05, 3.63) is 33.9 Å². The molecule has 0 saturated carbocycles. The van der Waals surface area contributed by atoms with Gasteiger partial charge in [-0.15, -0.1) is 0 Å². The molecule has 0 saturated heterocycles. The molecule has 8 heteroatoms. The molecule has 5 nitrogen and oxygen atoms in total. The van der Waals surface area contributed by atoms with Crippen molar-refractivity contribution in [2.24, 2.45) is 0 Å². The molecule has 4 N–H and O–H groups in total. The highest BCUT2D eigenvalue weighted by Crippen LogP contribution is 2.27. The van der Waals surface area contributed by atoms with Crippen LogP contribution in [0.5, 0.6) is 0 Å². The Hall–Kier alpha value is -0.360. The summed E-state index contributed by atoms with van der Waals surface area (Å²) >= 11 is 9.23. The number of fused-ring (bicyclic) bond motifs is 1. The van der Waals surface area contributed by atoms with Crippen LogP contribution in [0.15, 0.2) is 28.9 Å². The molecule has 0 fully saturated rings. The van der Waals surface area contributed by atoms with Gasteiger partial charge in [-0.25, -0.2) is 4.57 Å². The van der Waals surface area contributed by atoms with Gasteiger partial charge >= 0.3 is 7.82 Å². The second-order valence-electron chi connectivity index (χ2n) is 2.84. The first kappa shape index (κ1) is 13.7. The summed E-state index contributed by atoms with van der Waals surface area (Å²) in [5.41, 5.74) is 1.07. The number of rotatable bonds is 0. The molecule has 0 atom stereocenters. The smallest absolute Gasteiger partial charge is 0.361 e. The lowest BCUT2D eigenvalue weighted by Gasteiger charge is -1.94. The van der Waals surface area contributed by atoms with Crippen LogP contribution in [0.1, 0.15) is 0 Å². The first-order valence-electron chi connectivity index (χ1n) is 3.98. The van der Waals surface area contributed by atoms with Crippen molar-refractivity contribution in [1.29, 1.82) is 0 Å². The van der Waals surface area contributed by atoms with E-state index in [1.807, 2.05) is 24.4 Å². The van der Waals surface area contributed by atoms with E-state index in [1.54, 1.807) is 0 Å². The van der Waals surface area contributed by atoms with Gasteiger partial charge in [0.25, 0.3) is 0 Å². The summed E-state index contributed by atoms with van der Waals surface area (Å²) in [6.45, 7) is 0. The Morgan fingerprint density at radius 1 is 1.31 bits per heavy atom. The average Bonchev–Trinajstić information content (AvgIpc) is 2.49. The largest absolute Gasteiger partial charge is 0.466 e. The highest BCUT2D eigenvalue weighted by Gasteiger charge is 2.00. The number of aromatic nitrogens is 1. The monoisotopic (exact) mass is 327 g/mol. The maximum Gasteiger partial charge on any atom is 0.466 e. The SMILES string of the molecule is Clc1cc2[nH]ccc2cc1Br.O=P(O)(O)O. The van der Waals surface area contributed by atoms with Crippen molar-refractivity contribution in [2.45, 2.75) is 0 Å². The fraction of sp³-hybridized carbons (Fsp3) is 0. The molecule has 0 aliphatic heterocycles. The standard InChI is InChI=1S/C8H5BrClN.H3O4P/c9-6-3-5-1-2-11-8(5)4-7(6)10;1-5(2,3)4/h1-4,11H;(H3,1,2,3,4). The zero-order valence-electron chi connectivity index (χ0n) is 7.76. The minimum absolute atomic E-state index is 0.736. The highest BCUT2D eigenvalue weighted by atomic mass is 79.9. The molecule has 0 aliphatic carbocycles. The number of phosphoric acid groups is 1. The van der Waals surface area contributed by atoms with E-state index >= 15 is 0 Å². The first-order valence-corrected chi connectivity index (χ1v) is 6.71. The lowest BCUT2D eigenvalue weighted by molar-refractivity contribution is 0.275. The molecule has 88 valence electrons. The lowest BCUT2D eigenvalue weighted by Crippen LogP contribution is -1.70. The summed E-state index contributed by atoms with van der Waals surface area (Å²) in [4.78, 5) is 24.6. The van der Waals surface area contributed by atoms with Gasteiger partial charge < -0.3 is 19.7 Å². The molecule has 1 aromatic carbocycles.